The highest BCUT2D eigenvalue weighted by atomic mass is 32.2. The first-order valence-corrected chi connectivity index (χ1v) is 12.7. The number of sulfonamides is 1. The summed E-state index contributed by atoms with van der Waals surface area (Å²) in [5.74, 6) is 0.498. The highest BCUT2D eigenvalue weighted by Crippen LogP contribution is 2.27. The van der Waals surface area contributed by atoms with Gasteiger partial charge in [0.05, 0.1) is 11.0 Å². The number of rotatable bonds is 5. The molecule has 1 amide bonds. The van der Waals surface area contributed by atoms with Gasteiger partial charge in [-0.2, -0.15) is 4.31 Å². The molecular weight excluding hydrogens is 444 g/mol. The van der Waals surface area contributed by atoms with Crippen LogP contribution in [0.15, 0.2) is 70.3 Å². The summed E-state index contributed by atoms with van der Waals surface area (Å²) in [6.45, 7) is 0.701. The third-order valence-corrected chi connectivity index (χ3v) is 9.00. The van der Waals surface area contributed by atoms with Gasteiger partial charge in [0.2, 0.25) is 5.91 Å². The lowest BCUT2D eigenvalue weighted by atomic mass is 9.97. The highest BCUT2D eigenvalue weighted by molar-refractivity contribution is 7.91. The second kappa shape index (κ2) is 8.50. The quantitative estimate of drug-likeness (QED) is 0.458. The van der Waals surface area contributed by atoms with E-state index < -0.39 is 10.0 Å². The number of fused-ring (bicyclic) bond motifs is 1. The van der Waals surface area contributed by atoms with Gasteiger partial charge in [-0.15, -0.1) is 11.3 Å². The van der Waals surface area contributed by atoms with Gasteiger partial charge in [-0.3, -0.25) is 4.79 Å². The number of H-pyrrole nitrogens is 1. The minimum Gasteiger partial charge on any atom is -0.338 e. The van der Waals surface area contributed by atoms with Crippen LogP contribution in [0.4, 0.5) is 5.69 Å². The number of benzene rings is 2. The SMILES string of the molecule is O=C(Nc1ccc(-c2nc3ccccc3[nH]2)cc1)C1CCN(S(=O)(=O)c2cccs2)CC1. The van der Waals surface area contributed by atoms with E-state index in [1.165, 1.54) is 15.6 Å². The van der Waals surface area contributed by atoms with Crippen molar-refractivity contribution in [1.29, 1.82) is 0 Å². The number of nitrogens with one attached hydrogen (secondary N) is 2. The van der Waals surface area contributed by atoms with Crippen molar-refractivity contribution in [3.05, 3.63) is 66.0 Å². The number of nitrogens with zero attached hydrogens (tertiary/aromatic N) is 2. The van der Waals surface area contributed by atoms with Crippen LogP contribution in [0, 0.1) is 5.92 Å². The third-order valence-electron chi connectivity index (χ3n) is 5.73. The van der Waals surface area contributed by atoms with Crippen molar-refractivity contribution in [1.82, 2.24) is 14.3 Å². The number of thiophene rings is 1. The number of hydrogen-bond donors (Lipinski definition) is 2. The van der Waals surface area contributed by atoms with E-state index in [9.17, 15) is 13.2 Å². The molecule has 7 nitrogen and oxygen atoms in total. The maximum Gasteiger partial charge on any atom is 0.252 e. The molecule has 0 atom stereocenters. The van der Waals surface area contributed by atoms with Crippen LogP contribution in [-0.2, 0) is 14.8 Å². The molecule has 1 saturated heterocycles. The number of piperidine rings is 1. The van der Waals surface area contributed by atoms with Crippen molar-refractivity contribution in [2.75, 3.05) is 18.4 Å². The molecule has 1 aliphatic heterocycles. The fourth-order valence-electron chi connectivity index (χ4n) is 3.94. The summed E-state index contributed by atoms with van der Waals surface area (Å²) in [6.07, 6.45) is 1.01. The second-order valence-electron chi connectivity index (χ2n) is 7.78. The maximum atomic E-state index is 12.7. The Balaban J connectivity index is 1.20. The lowest BCUT2D eigenvalue weighted by molar-refractivity contribution is -0.120. The van der Waals surface area contributed by atoms with Crippen LogP contribution < -0.4 is 5.32 Å². The molecule has 0 unspecified atom stereocenters. The molecule has 0 aliphatic carbocycles. The molecule has 3 heterocycles. The van der Waals surface area contributed by atoms with Crippen LogP contribution in [0.5, 0.6) is 0 Å². The van der Waals surface area contributed by atoms with Crippen molar-refractivity contribution in [3.8, 4) is 11.4 Å². The van der Waals surface area contributed by atoms with E-state index in [1.54, 1.807) is 17.5 Å². The Morgan fingerprint density at radius 1 is 1.03 bits per heavy atom. The standard InChI is InChI=1S/C23H22N4O3S2/c28-23(17-11-13-27(14-12-17)32(29,30)21-6-3-15-31-21)24-18-9-7-16(8-10-18)22-25-19-4-1-2-5-20(19)26-22/h1-10,15,17H,11-14H2,(H,24,28)(H,25,26). The number of anilines is 1. The first-order chi connectivity index (χ1) is 15.5. The largest absolute Gasteiger partial charge is 0.338 e. The van der Waals surface area contributed by atoms with Gasteiger partial charge in [0.1, 0.15) is 10.0 Å². The fourth-order valence-corrected chi connectivity index (χ4v) is 6.56. The minimum absolute atomic E-state index is 0.0744. The first kappa shape index (κ1) is 20.9. The number of hydrogen-bond acceptors (Lipinski definition) is 5. The molecule has 32 heavy (non-hydrogen) atoms. The Bertz CT molecular complexity index is 1300. The van der Waals surface area contributed by atoms with Crippen molar-refractivity contribution >= 4 is 44.0 Å². The summed E-state index contributed by atoms with van der Waals surface area (Å²) in [5, 5.41) is 4.72. The van der Waals surface area contributed by atoms with E-state index in [0.29, 0.717) is 35.8 Å². The fraction of sp³-hybridized carbons (Fsp3) is 0.217. The topological polar surface area (TPSA) is 95.2 Å². The minimum atomic E-state index is -3.46. The zero-order valence-corrected chi connectivity index (χ0v) is 18.8. The number of carbonyl (C=O) groups is 1. The number of para-hydroxylation sites is 2. The summed E-state index contributed by atoms with van der Waals surface area (Å²) < 4.78 is 27.1. The third kappa shape index (κ3) is 4.06. The number of amides is 1. The Morgan fingerprint density at radius 2 is 1.78 bits per heavy atom. The van der Waals surface area contributed by atoms with E-state index in [4.69, 9.17) is 0 Å². The van der Waals surface area contributed by atoms with Gasteiger partial charge in [-0.05, 0) is 60.7 Å². The van der Waals surface area contributed by atoms with E-state index in [2.05, 4.69) is 15.3 Å². The highest BCUT2D eigenvalue weighted by Gasteiger charge is 2.32. The molecular formula is C23H22N4O3S2. The Kier molecular flexibility index (Phi) is 5.54. The Hall–Kier alpha value is -3.01. The molecule has 0 spiro atoms. The molecule has 164 valence electrons. The normalized spacial score (nSPS) is 15.8. The van der Waals surface area contributed by atoms with E-state index in [1.807, 2.05) is 48.5 Å². The number of aromatic amines is 1. The van der Waals surface area contributed by atoms with Crippen LogP contribution in [-0.4, -0.2) is 41.7 Å². The van der Waals surface area contributed by atoms with Gasteiger partial charge in [-0.25, -0.2) is 13.4 Å². The van der Waals surface area contributed by atoms with E-state index in [-0.39, 0.29) is 11.8 Å². The molecule has 4 aromatic rings. The van der Waals surface area contributed by atoms with Crippen LogP contribution in [0.2, 0.25) is 0 Å². The smallest absolute Gasteiger partial charge is 0.252 e. The van der Waals surface area contributed by atoms with Crippen LogP contribution in [0.25, 0.3) is 22.4 Å². The predicted molar refractivity (Wildman–Crippen MR) is 126 cm³/mol. The second-order valence-corrected chi connectivity index (χ2v) is 10.9. The maximum absolute atomic E-state index is 12.7. The number of aromatic nitrogens is 2. The first-order valence-electron chi connectivity index (χ1n) is 10.4. The predicted octanol–water partition coefficient (Wildman–Crippen LogP) is 4.33. The average molecular weight is 467 g/mol. The van der Waals surface area contributed by atoms with E-state index in [0.717, 1.165) is 22.4 Å². The summed E-state index contributed by atoms with van der Waals surface area (Å²) in [6, 6.07) is 18.8. The summed E-state index contributed by atoms with van der Waals surface area (Å²) in [4.78, 5) is 20.6. The Morgan fingerprint density at radius 3 is 2.47 bits per heavy atom. The molecule has 1 fully saturated rings. The number of imidazole rings is 1. The monoisotopic (exact) mass is 466 g/mol. The van der Waals surface area contributed by atoms with Crippen molar-refractivity contribution in [2.24, 2.45) is 5.92 Å². The molecule has 1 aliphatic rings. The zero-order chi connectivity index (χ0) is 22.1. The average Bonchev–Trinajstić information content (AvgIpc) is 3.50. The zero-order valence-electron chi connectivity index (χ0n) is 17.2. The molecule has 0 saturated carbocycles. The van der Waals surface area contributed by atoms with Gasteiger partial charge < -0.3 is 10.3 Å². The van der Waals surface area contributed by atoms with Gasteiger partial charge in [0.25, 0.3) is 10.0 Å². The van der Waals surface area contributed by atoms with Gasteiger partial charge in [-0.1, -0.05) is 18.2 Å². The molecule has 2 aromatic heterocycles. The van der Waals surface area contributed by atoms with E-state index >= 15 is 0 Å². The van der Waals surface area contributed by atoms with Crippen molar-refractivity contribution in [3.63, 3.8) is 0 Å². The molecule has 2 aromatic carbocycles. The van der Waals surface area contributed by atoms with Crippen molar-refractivity contribution < 1.29 is 13.2 Å². The van der Waals surface area contributed by atoms with Gasteiger partial charge in [0.15, 0.2) is 0 Å². The lowest BCUT2D eigenvalue weighted by Crippen LogP contribution is -2.41. The molecule has 9 heteroatoms. The van der Waals surface area contributed by atoms with Crippen LogP contribution >= 0.6 is 11.3 Å². The Labute approximate surface area is 190 Å². The van der Waals surface area contributed by atoms with Gasteiger partial charge >= 0.3 is 0 Å². The molecule has 0 radical (unpaired) electrons. The van der Waals surface area contributed by atoms with Crippen LogP contribution in [0.1, 0.15) is 12.8 Å². The van der Waals surface area contributed by atoms with Crippen molar-refractivity contribution in [2.45, 2.75) is 17.1 Å². The molecule has 5 rings (SSSR count). The summed E-state index contributed by atoms with van der Waals surface area (Å²) in [7, 11) is -3.46. The number of carbonyl (C=O) groups excluding carboxylic acids is 1. The summed E-state index contributed by atoms with van der Waals surface area (Å²) in [5.41, 5.74) is 3.54. The molecule has 0 bridgehead atoms. The van der Waals surface area contributed by atoms with Crippen LogP contribution in [0.3, 0.4) is 0 Å². The summed E-state index contributed by atoms with van der Waals surface area (Å²) >= 11 is 1.22. The van der Waals surface area contributed by atoms with Gasteiger partial charge in [0, 0.05) is 30.3 Å². The lowest BCUT2D eigenvalue weighted by Gasteiger charge is -2.30. The molecule has 2 N–H and O–H groups in total.